The summed E-state index contributed by atoms with van der Waals surface area (Å²) in [6.07, 6.45) is 4.44. The van der Waals surface area contributed by atoms with Gasteiger partial charge in [0.15, 0.2) is 0 Å². The first kappa shape index (κ1) is 25.3. The van der Waals surface area contributed by atoms with Crippen molar-refractivity contribution in [3.63, 3.8) is 0 Å². The van der Waals surface area contributed by atoms with Gasteiger partial charge >= 0.3 is 0 Å². The van der Waals surface area contributed by atoms with Gasteiger partial charge in [0.2, 0.25) is 0 Å². The number of fused-ring (bicyclic) bond motifs is 1. The summed E-state index contributed by atoms with van der Waals surface area (Å²) in [6.45, 7) is 9.87. The first-order valence-corrected chi connectivity index (χ1v) is 15.4. The van der Waals surface area contributed by atoms with E-state index in [9.17, 15) is 0 Å². The van der Waals surface area contributed by atoms with Crippen molar-refractivity contribution in [2.24, 2.45) is 16.2 Å². The fraction of sp³-hybridized carbons (Fsp3) is 0.300. The van der Waals surface area contributed by atoms with Crippen LogP contribution in [0.15, 0.2) is 127 Å². The van der Waals surface area contributed by atoms with Crippen molar-refractivity contribution in [2.45, 2.75) is 58.8 Å². The van der Waals surface area contributed by atoms with Crippen molar-refractivity contribution >= 4 is 16.7 Å². The van der Waals surface area contributed by atoms with Crippen molar-refractivity contribution in [2.75, 3.05) is 0 Å². The Morgan fingerprint density at radius 2 is 0.900 bits per heavy atom. The standard InChI is InChI=1S/C40H40/c1-5-33-34(29-21-13-9-14-22-29)40(32-27-19-12-20-28-32)38(7-3)36(31-25-17-11-18-26-31)35(30-23-15-10-16-24-30)37(33,6-2)39(38,40)8-4/h9-28H,5-8H2,1-4H3/t37-,38+,39-,40+/m0/s1. The predicted molar refractivity (Wildman–Crippen MR) is 170 cm³/mol. The molecule has 1 saturated carbocycles. The van der Waals surface area contributed by atoms with Crippen LogP contribution in [0.4, 0.5) is 0 Å². The zero-order valence-electron chi connectivity index (χ0n) is 24.4. The minimum atomic E-state index is -0.0725. The summed E-state index contributed by atoms with van der Waals surface area (Å²) in [5.41, 5.74) is 12.2. The molecule has 0 unspecified atom stereocenters. The maximum absolute atomic E-state index is 2.50. The highest BCUT2D eigenvalue weighted by atomic mass is 15.0. The molecular weight excluding hydrogens is 480 g/mol. The lowest BCUT2D eigenvalue weighted by Gasteiger charge is -2.42. The third-order valence-corrected chi connectivity index (χ3v) is 11.3. The van der Waals surface area contributed by atoms with Crippen LogP contribution in [-0.2, 0) is 5.41 Å². The summed E-state index contributed by atoms with van der Waals surface area (Å²) in [7, 11) is 0. The van der Waals surface area contributed by atoms with Gasteiger partial charge in [0.05, 0.1) is 0 Å². The molecule has 40 heavy (non-hydrogen) atoms. The predicted octanol–water partition coefficient (Wildman–Crippen LogP) is 10.6. The molecule has 0 aromatic heterocycles. The molecule has 0 heteroatoms. The molecule has 4 aromatic carbocycles. The minimum Gasteiger partial charge on any atom is -0.0647 e. The molecule has 3 aliphatic carbocycles. The van der Waals surface area contributed by atoms with Gasteiger partial charge in [0.1, 0.15) is 0 Å². The number of benzene rings is 4. The molecule has 0 aliphatic heterocycles. The smallest absolute Gasteiger partial charge is 0.0388 e. The average Bonchev–Trinajstić information content (AvgIpc) is 3.41. The molecule has 3 aliphatic rings. The van der Waals surface area contributed by atoms with Crippen LogP contribution in [-0.4, -0.2) is 0 Å². The highest BCUT2D eigenvalue weighted by Crippen LogP contribution is 3.03. The lowest BCUT2D eigenvalue weighted by atomic mass is 9.60. The summed E-state index contributed by atoms with van der Waals surface area (Å²) < 4.78 is 0. The Bertz CT molecular complexity index is 1610. The van der Waals surface area contributed by atoms with Crippen molar-refractivity contribution in [3.05, 3.63) is 149 Å². The van der Waals surface area contributed by atoms with E-state index in [0.717, 1.165) is 25.7 Å². The molecule has 0 nitrogen and oxygen atoms in total. The molecule has 0 bridgehead atoms. The Labute approximate surface area is 240 Å². The molecule has 0 heterocycles. The zero-order chi connectivity index (χ0) is 27.6. The van der Waals surface area contributed by atoms with Gasteiger partial charge in [-0.3, -0.25) is 0 Å². The summed E-state index contributed by atoms with van der Waals surface area (Å²) in [5.74, 6) is 0. The first-order chi connectivity index (χ1) is 19.7. The Hall–Kier alpha value is -3.64. The topological polar surface area (TPSA) is 0 Å². The van der Waals surface area contributed by atoms with Gasteiger partial charge in [-0.25, -0.2) is 0 Å². The maximum atomic E-state index is 2.50. The van der Waals surface area contributed by atoms with E-state index in [1.165, 1.54) is 22.3 Å². The molecular formula is C40H40. The van der Waals surface area contributed by atoms with E-state index in [2.05, 4.69) is 149 Å². The van der Waals surface area contributed by atoms with Crippen LogP contribution >= 0.6 is 0 Å². The van der Waals surface area contributed by atoms with Crippen LogP contribution < -0.4 is 0 Å². The van der Waals surface area contributed by atoms with Crippen molar-refractivity contribution in [1.82, 2.24) is 0 Å². The third-order valence-electron chi connectivity index (χ3n) is 11.3. The monoisotopic (exact) mass is 520 g/mol. The molecule has 7 rings (SSSR count). The number of hydrogen-bond acceptors (Lipinski definition) is 0. The third kappa shape index (κ3) is 2.51. The highest BCUT2D eigenvalue weighted by molar-refractivity contribution is 6.13. The summed E-state index contributed by atoms with van der Waals surface area (Å²) in [5, 5.41) is 0. The fourth-order valence-electron chi connectivity index (χ4n) is 10.8. The van der Waals surface area contributed by atoms with Crippen LogP contribution in [0.1, 0.15) is 75.6 Å². The van der Waals surface area contributed by atoms with Gasteiger partial charge in [0, 0.05) is 21.7 Å². The van der Waals surface area contributed by atoms with Crippen LogP contribution in [0, 0.1) is 16.2 Å². The van der Waals surface area contributed by atoms with Gasteiger partial charge in [0.25, 0.3) is 0 Å². The van der Waals surface area contributed by atoms with E-state index >= 15 is 0 Å². The van der Waals surface area contributed by atoms with Crippen LogP contribution in [0.25, 0.3) is 16.7 Å². The summed E-state index contributed by atoms with van der Waals surface area (Å²) in [4.78, 5) is 0. The van der Waals surface area contributed by atoms with E-state index in [1.807, 2.05) is 0 Å². The summed E-state index contributed by atoms with van der Waals surface area (Å²) >= 11 is 0. The molecule has 4 aromatic rings. The largest absolute Gasteiger partial charge is 0.0647 e. The van der Waals surface area contributed by atoms with E-state index < -0.39 is 0 Å². The molecule has 0 saturated heterocycles. The highest BCUT2D eigenvalue weighted by Gasteiger charge is 2.98. The second-order valence-corrected chi connectivity index (χ2v) is 11.9. The Balaban J connectivity index is 1.74. The number of rotatable bonds is 8. The molecule has 0 N–H and O–H groups in total. The first-order valence-electron chi connectivity index (χ1n) is 15.4. The van der Waals surface area contributed by atoms with E-state index in [-0.39, 0.29) is 21.7 Å². The maximum Gasteiger partial charge on any atom is 0.0388 e. The van der Waals surface area contributed by atoms with E-state index in [4.69, 9.17) is 0 Å². The van der Waals surface area contributed by atoms with Crippen molar-refractivity contribution in [3.8, 4) is 0 Å². The second-order valence-electron chi connectivity index (χ2n) is 11.9. The summed E-state index contributed by atoms with van der Waals surface area (Å²) in [6, 6.07) is 45.9. The van der Waals surface area contributed by atoms with Crippen LogP contribution in [0.5, 0.6) is 0 Å². The Morgan fingerprint density at radius 3 is 1.32 bits per heavy atom. The van der Waals surface area contributed by atoms with Gasteiger partial charge < -0.3 is 0 Å². The molecule has 1 fully saturated rings. The second kappa shape index (κ2) is 8.93. The van der Waals surface area contributed by atoms with Gasteiger partial charge in [-0.15, -0.1) is 0 Å². The van der Waals surface area contributed by atoms with Crippen molar-refractivity contribution in [1.29, 1.82) is 0 Å². The molecule has 0 amide bonds. The number of allylic oxidation sites excluding steroid dienone is 4. The van der Waals surface area contributed by atoms with Crippen LogP contribution in [0.3, 0.4) is 0 Å². The van der Waals surface area contributed by atoms with Crippen molar-refractivity contribution < 1.29 is 0 Å². The van der Waals surface area contributed by atoms with Gasteiger partial charge in [-0.05, 0) is 64.7 Å². The molecule has 200 valence electrons. The average molecular weight is 521 g/mol. The molecule has 0 radical (unpaired) electrons. The zero-order valence-corrected chi connectivity index (χ0v) is 24.4. The SMILES string of the molecule is CCC1=C(c2ccccc2)[C@]2(c3ccccc3)[C@]3(CC)C(c4ccccc4)=C(c4ccccc4)[C@@]1(CC)[C@@]32CC. The Kier molecular flexibility index (Phi) is 5.66. The van der Waals surface area contributed by atoms with E-state index in [1.54, 1.807) is 22.3 Å². The normalized spacial score (nSPS) is 30.1. The molecule has 0 spiro atoms. The van der Waals surface area contributed by atoms with Crippen LogP contribution in [0.2, 0.25) is 0 Å². The molecule has 4 atom stereocenters. The Morgan fingerprint density at radius 1 is 0.450 bits per heavy atom. The fourth-order valence-corrected chi connectivity index (χ4v) is 10.8. The van der Waals surface area contributed by atoms with Gasteiger partial charge in [-0.1, -0.05) is 155 Å². The minimum absolute atomic E-state index is 0.00247. The number of hydrogen-bond donors (Lipinski definition) is 0. The van der Waals surface area contributed by atoms with Gasteiger partial charge in [-0.2, -0.15) is 0 Å². The lowest BCUT2D eigenvalue weighted by molar-refractivity contribution is 0.213. The van der Waals surface area contributed by atoms with E-state index in [0.29, 0.717) is 0 Å². The lowest BCUT2D eigenvalue weighted by Crippen LogP contribution is -2.34. The quantitative estimate of drug-likeness (QED) is 0.217.